The predicted octanol–water partition coefficient (Wildman–Crippen LogP) is 3.88. The number of oxime groups is 2. The van der Waals surface area contributed by atoms with Gasteiger partial charge in [-0.2, -0.15) is 14.4 Å². The van der Waals surface area contributed by atoms with Gasteiger partial charge in [-0.1, -0.05) is 41.0 Å². The molecule has 0 saturated carbocycles. The van der Waals surface area contributed by atoms with Gasteiger partial charge in [-0.05, 0) is 29.4 Å². The molecule has 3 aromatic rings. The zero-order valence-electron chi connectivity index (χ0n) is 17.0. The Hall–Kier alpha value is -3.96. The molecule has 0 radical (unpaired) electrons. The Morgan fingerprint density at radius 3 is 2.42 bits per heavy atom. The number of ether oxygens (including phenoxy) is 3. The fourth-order valence-electron chi connectivity index (χ4n) is 2.69. The van der Waals surface area contributed by atoms with E-state index in [-0.39, 0.29) is 40.6 Å². The fraction of sp³-hybridized carbons (Fsp3) is 0.143. The molecule has 0 aliphatic carbocycles. The van der Waals surface area contributed by atoms with Gasteiger partial charge in [0.2, 0.25) is 5.82 Å². The molecule has 1 aromatic heterocycles. The highest BCUT2D eigenvalue weighted by Crippen LogP contribution is 2.33. The van der Waals surface area contributed by atoms with Crippen LogP contribution in [-0.4, -0.2) is 46.7 Å². The summed E-state index contributed by atoms with van der Waals surface area (Å²) in [7, 11) is 1.32. The minimum Gasteiger partial charge on any atom is -0.467 e. The van der Waals surface area contributed by atoms with Crippen molar-refractivity contribution in [3.63, 3.8) is 0 Å². The lowest BCUT2D eigenvalue weighted by atomic mass is 10.1. The van der Waals surface area contributed by atoms with E-state index in [1.54, 1.807) is 48.5 Å². The molecule has 2 aromatic carbocycles. The summed E-state index contributed by atoms with van der Waals surface area (Å²) >= 11 is 6.07. The van der Waals surface area contributed by atoms with Gasteiger partial charge >= 0.3 is 0 Å². The lowest BCUT2D eigenvalue weighted by Gasteiger charge is -2.19. The normalized spacial score (nSPS) is 15.7. The van der Waals surface area contributed by atoms with Crippen LogP contribution in [-0.2, 0) is 14.4 Å². The Labute approximate surface area is 191 Å². The molecule has 1 aliphatic heterocycles. The van der Waals surface area contributed by atoms with Gasteiger partial charge in [-0.3, -0.25) is 0 Å². The molecule has 0 fully saturated rings. The summed E-state index contributed by atoms with van der Waals surface area (Å²) in [4.78, 5) is 17.4. The molecular formula is C21H16ClFN4O6. The molecule has 0 bridgehead atoms. The third-order valence-corrected chi connectivity index (χ3v) is 4.43. The van der Waals surface area contributed by atoms with Crippen LogP contribution in [0.2, 0.25) is 5.02 Å². The standard InChI is InChI=1S/C21H16ClFN4O6/c1-29-26-18(21-27-33-16(28)10-30-21)12-6-2-4-8-14(12)31-19-17(23)20(25-11-24-19)32-15-9-5-3-7-13(15)22/h2-9,11,16,28H,10H2,1H3/b26-18-. The number of benzene rings is 2. The monoisotopic (exact) mass is 474 g/mol. The lowest BCUT2D eigenvalue weighted by Crippen LogP contribution is -2.31. The Bertz CT molecular complexity index is 1210. The molecule has 0 amide bonds. The molecule has 10 nitrogen and oxygen atoms in total. The van der Waals surface area contributed by atoms with E-state index in [0.29, 0.717) is 5.56 Å². The van der Waals surface area contributed by atoms with Crippen molar-refractivity contribution in [3.05, 3.63) is 71.3 Å². The van der Waals surface area contributed by atoms with Crippen molar-refractivity contribution in [1.82, 2.24) is 9.97 Å². The van der Waals surface area contributed by atoms with Gasteiger partial charge < -0.3 is 29.0 Å². The molecule has 0 saturated heterocycles. The van der Waals surface area contributed by atoms with Gasteiger partial charge in [0.25, 0.3) is 23.9 Å². The van der Waals surface area contributed by atoms with Crippen molar-refractivity contribution < 1.29 is 33.4 Å². The zero-order chi connectivity index (χ0) is 23.2. The summed E-state index contributed by atoms with van der Waals surface area (Å²) in [6.45, 7) is -0.173. The van der Waals surface area contributed by atoms with Crippen LogP contribution in [0.5, 0.6) is 23.3 Å². The van der Waals surface area contributed by atoms with E-state index in [0.717, 1.165) is 6.33 Å². The number of rotatable bonds is 7. The minimum atomic E-state index is -1.21. The van der Waals surface area contributed by atoms with Gasteiger partial charge in [0, 0.05) is 0 Å². The van der Waals surface area contributed by atoms with Crippen molar-refractivity contribution in [2.24, 2.45) is 10.3 Å². The first-order valence-electron chi connectivity index (χ1n) is 9.43. The number of hydrogen-bond acceptors (Lipinski definition) is 10. The van der Waals surface area contributed by atoms with E-state index < -0.39 is 18.0 Å². The van der Waals surface area contributed by atoms with Crippen LogP contribution in [0.1, 0.15) is 5.56 Å². The van der Waals surface area contributed by atoms with Crippen molar-refractivity contribution >= 4 is 23.2 Å². The van der Waals surface area contributed by atoms with Crippen LogP contribution < -0.4 is 9.47 Å². The van der Waals surface area contributed by atoms with Crippen LogP contribution in [0.4, 0.5) is 4.39 Å². The van der Waals surface area contributed by atoms with Gasteiger partial charge in [-0.25, -0.2) is 0 Å². The second-order valence-electron chi connectivity index (χ2n) is 6.32. The predicted molar refractivity (Wildman–Crippen MR) is 114 cm³/mol. The molecule has 1 N–H and O–H groups in total. The van der Waals surface area contributed by atoms with E-state index in [9.17, 15) is 5.11 Å². The molecule has 1 aliphatic rings. The van der Waals surface area contributed by atoms with Crippen LogP contribution in [0.3, 0.4) is 0 Å². The maximum absolute atomic E-state index is 15.1. The molecule has 33 heavy (non-hydrogen) atoms. The molecule has 1 unspecified atom stereocenters. The smallest absolute Gasteiger partial charge is 0.281 e. The van der Waals surface area contributed by atoms with Gasteiger partial charge in [0.05, 0.1) is 10.6 Å². The number of para-hydroxylation sites is 2. The average Bonchev–Trinajstić information content (AvgIpc) is 2.83. The third kappa shape index (κ3) is 5.10. The maximum Gasteiger partial charge on any atom is 0.281 e. The number of aliphatic hydroxyl groups is 1. The summed E-state index contributed by atoms with van der Waals surface area (Å²) in [6, 6.07) is 13.1. The van der Waals surface area contributed by atoms with Crippen LogP contribution in [0, 0.1) is 5.82 Å². The highest BCUT2D eigenvalue weighted by atomic mass is 35.5. The third-order valence-electron chi connectivity index (χ3n) is 4.12. The van der Waals surface area contributed by atoms with Crippen molar-refractivity contribution in [2.75, 3.05) is 13.7 Å². The van der Waals surface area contributed by atoms with Crippen LogP contribution in [0.25, 0.3) is 0 Å². The van der Waals surface area contributed by atoms with E-state index in [4.69, 9.17) is 35.5 Å². The summed E-state index contributed by atoms with van der Waals surface area (Å²) in [5.41, 5.74) is 0.409. The molecule has 0 spiro atoms. The zero-order valence-corrected chi connectivity index (χ0v) is 17.8. The van der Waals surface area contributed by atoms with Crippen LogP contribution >= 0.6 is 11.6 Å². The van der Waals surface area contributed by atoms with Gasteiger partial charge in [-0.15, -0.1) is 0 Å². The Morgan fingerprint density at radius 1 is 1.09 bits per heavy atom. The van der Waals surface area contributed by atoms with E-state index in [2.05, 4.69) is 20.3 Å². The van der Waals surface area contributed by atoms with Gasteiger partial charge in [0.1, 0.15) is 24.9 Å². The molecule has 2 heterocycles. The SMILES string of the molecule is CO/N=C(\C1=NOC(O)CO1)c1ccccc1Oc1ncnc(Oc2ccccc2Cl)c1F. The fourth-order valence-corrected chi connectivity index (χ4v) is 2.86. The molecule has 12 heteroatoms. The number of nitrogens with zero attached hydrogens (tertiary/aromatic N) is 4. The highest BCUT2D eigenvalue weighted by molar-refractivity contribution is 6.45. The number of hydrogen-bond donors (Lipinski definition) is 1. The summed E-state index contributed by atoms with van der Waals surface area (Å²) in [5.74, 6) is -1.44. The summed E-state index contributed by atoms with van der Waals surface area (Å²) in [5, 5.41) is 17.3. The topological polar surface area (TPSA) is 117 Å². The highest BCUT2D eigenvalue weighted by Gasteiger charge is 2.26. The molecule has 4 rings (SSSR count). The Morgan fingerprint density at radius 2 is 1.76 bits per heavy atom. The van der Waals surface area contributed by atoms with Crippen molar-refractivity contribution in [3.8, 4) is 23.3 Å². The summed E-state index contributed by atoms with van der Waals surface area (Å²) in [6.07, 6.45) is -0.128. The first-order chi connectivity index (χ1) is 16.1. The van der Waals surface area contributed by atoms with Crippen molar-refractivity contribution in [2.45, 2.75) is 6.29 Å². The quantitative estimate of drug-likeness (QED) is 0.405. The second-order valence-corrected chi connectivity index (χ2v) is 6.73. The largest absolute Gasteiger partial charge is 0.467 e. The lowest BCUT2D eigenvalue weighted by molar-refractivity contribution is -0.138. The van der Waals surface area contributed by atoms with Crippen molar-refractivity contribution in [1.29, 1.82) is 0 Å². The molecule has 1 atom stereocenters. The molecule has 170 valence electrons. The van der Waals surface area contributed by atoms with Gasteiger partial charge in [0.15, 0.2) is 12.3 Å². The van der Waals surface area contributed by atoms with Crippen LogP contribution in [0.15, 0.2) is 65.2 Å². The summed E-state index contributed by atoms with van der Waals surface area (Å²) < 4.78 is 31.6. The maximum atomic E-state index is 15.1. The Balaban J connectivity index is 1.66. The second kappa shape index (κ2) is 10.1. The first-order valence-corrected chi connectivity index (χ1v) is 9.81. The van der Waals surface area contributed by atoms with E-state index in [1.807, 2.05) is 0 Å². The first kappa shape index (κ1) is 22.2. The number of aromatic nitrogens is 2. The minimum absolute atomic E-state index is 0.0656. The number of aliphatic hydroxyl groups excluding tert-OH is 1. The number of halogens is 2. The Kier molecular flexibility index (Phi) is 6.81. The average molecular weight is 475 g/mol. The molecular weight excluding hydrogens is 459 g/mol. The van der Waals surface area contributed by atoms with E-state index >= 15 is 4.39 Å². The van der Waals surface area contributed by atoms with E-state index in [1.165, 1.54) is 7.11 Å².